The molecule has 1 aliphatic rings. The van der Waals surface area contributed by atoms with E-state index < -0.39 is 54.5 Å². The van der Waals surface area contributed by atoms with Crippen molar-refractivity contribution in [1.82, 2.24) is 19.1 Å². The van der Waals surface area contributed by atoms with Crippen LogP contribution in [0.4, 0.5) is 14.7 Å². The minimum absolute atomic E-state index is 0.0121. The van der Waals surface area contributed by atoms with Crippen molar-refractivity contribution in [2.45, 2.75) is 44.5 Å². The molecule has 3 aromatic rings. The average Bonchev–Trinajstić information content (AvgIpc) is 3.21. The molecule has 3 heterocycles. The fourth-order valence-electron chi connectivity index (χ4n) is 3.90. The summed E-state index contributed by atoms with van der Waals surface area (Å²) in [5.41, 5.74) is 5.67. The number of carbonyl (C=O) groups is 2. The van der Waals surface area contributed by atoms with E-state index in [1.807, 2.05) is 0 Å². The quantitative estimate of drug-likeness (QED) is 0.517. The number of methoxy groups -OCH3 is 1. The highest BCUT2D eigenvalue weighted by Crippen LogP contribution is 2.36. The number of halogens is 2. The van der Waals surface area contributed by atoms with Crippen molar-refractivity contribution in [2.75, 3.05) is 12.8 Å². The van der Waals surface area contributed by atoms with Gasteiger partial charge < -0.3 is 19.9 Å². The van der Waals surface area contributed by atoms with Crippen molar-refractivity contribution in [1.29, 1.82) is 0 Å². The lowest BCUT2D eigenvalue weighted by atomic mass is 10.1. The number of nitrogens with two attached hydrogens (primary N) is 1. The number of hydrogen-bond donors (Lipinski definition) is 1. The molecule has 2 aromatic heterocycles. The molecule has 0 radical (unpaired) electrons. The Bertz CT molecular complexity index is 1310. The van der Waals surface area contributed by atoms with Gasteiger partial charge in [-0.2, -0.15) is 4.98 Å². The van der Waals surface area contributed by atoms with E-state index >= 15 is 4.39 Å². The Kier molecular flexibility index (Phi) is 6.28. The Morgan fingerprint density at radius 2 is 2.09 bits per heavy atom. The lowest BCUT2D eigenvalue weighted by Crippen LogP contribution is -2.37. The SMILES string of the molecule is COC(=O)C[C@H]1O[C@@H](n2c(=O)n(Cc3cccc(F)c3)c3cnc(N)nc32)[C@H](OC(C)=O)[C@@H]1F. The van der Waals surface area contributed by atoms with Crippen molar-refractivity contribution < 1.29 is 32.6 Å². The van der Waals surface area contributed by atoms with Gasteiger partial charge in [-0.1, -0.05) is 12.1 Å². The Morgan fingerprint density at radius 1 is 1.32 bits per heavy atom. The van der Waals surface area contributed by atoms with Gasteiger partial charge in [-0.3, -0.25) is 14.2 Å². The predicted octanol–water partition coefficient (Wildman–Crippen LogP) is 1.09. The normalized spacial score (nSPS) is 22.1. The first-order chi connectivity index (χ1) is 16.2. The number of ether oxygens (including phenoxy) is 3. The fraction of sp³-hybridized carbons (Fsp3) is 0.381. The lowest BCUT2D eigenvalue weighted by Gasteiger charge is -2.19. The molecule has 0 saturated carbocycles. The Morgan fingerprint density at radius 3 is 2.76 bits per heavy atom. The van der Waals surface area contributed by atoms with E-state index in [-0.39, 0.29) is 23.7 Å². The van der Waals surface area contributed by atoms with E-state index in [0.717, 1.165) is 18.6 Å². The number of rotatable bonds is 6. The summed E-state index contributed by atoms with van der Waals surface area (Å²) in [5.74, 6) is -2.23. The van der Waals surface area contributed by atoms with Gasteiger partial charge in [0.1, 0.15) is 17.4 Å². The van der Waals surface area contributed by atoms with Gasteiger partial charge in [0.25, 0.3) is 0 Å². The van der Waals surface area contributed by atoms with Gasteiger partial charge >= 0.3 is 17.6 Å². The van der Waals surface area contributed by atoms with Crippen LogP contribution in [0.15, 0.2) is 35.3 Å². The Balaban J connectivity index is 1.84. The van der Waals surface area contributed by atoms with Crippen molar-refractivity contribution >= 4 is 29.1 Å². The molecule has 0 unspecified atom stereocenters. The molecule has 0 bridgehead atoms. The first kappa shape index (κ1) is 23.3. The summed E-state index contributed by atoms with van der Waals surface area (Å²) in [6.45, 7) is 1.01. The predicted molar refractivity (Wildman–Crippen MR) is 113 cm³/mol. The largest absolute Gasteiger partial charge is 0.469 e. The first-order valence-corrected chi connectivity index (χ1v) is 10.2. The van der Waals surface area contributed by atoms with Gasteiger partial charge in [0.2, 0.25) is 5.95 Å². The number of benzene rings is 1. The van der Waals surface area contributed by atoms with Crippen LogP contribution >= 0.6 is 0 Å². The molecule has 0 spiro atoms. The van der Waals surface area contributed by atoms with Crippen LogP contribution in [0.2, 0.25) is 0 Å². The third-order valence-electron chi connectivity index (χ3n) is 5.37. The topological polar surface area (TPSA) is 141 Å². The summed E-state index contributed by atoms with van der Waals surface area (Å²) < 4.78 is 46.5. The van der Waals surface area contributed by atoms with E-state index in [1.165, 1.54) is 29.0 Å². The highest BCUT2D eigenvalue weighted by atomic mass is 19.1. The van der Waals surface area contributed by atoms with Crippen LogP contribution < -0.4 is 11.4 Å². The zero-order valence-electron chi connectivity index (χ0n) is 18.2. The number of esters is 2. The number of hydrogen-bond acceptors (Lipinski definition) is 9. The monoisotopic (exact) mass is 477 g/mol. The fourth-order valence-corrected chi connectivity index (χ4v) is 3.90. The third kappa shape index (κ3) is 4.33. The maximum atomic E-state index is 15.2. The second-order valence-electron chi connectivity index (χ2n) is 7.67. The number of aromatic nitrogens is 4. The average molecular weight is 477 g/mol. The standard InChI is InChI=1S/C21H21F2N5O6/c1-10(29)33-17-16(23)14(7-15(30)32-2)34-19(17)28-18-13(8-25-20(24)26-18)27(21(28)31)9-11-4-3-5-12(22)6-11/h3-6,8,14,16-17,19H,7,9H2,1-2H3,(H2,24,25,26)/t14-,16-,17-,19-/m1/s1. The van der Waals surface area contributed by atoms with Crippen molar-refractivity contribution in [3.05, 3.63) is 52.3 Å². The molecule has 1 fully saturated rings. The molecule has 0 amide bonds. The van der Waals surface area contributed by atoms with Crippen LogP contribution in [0.5, 0.6) is 0 Å². The smallest absolute Gasteiger partial charge is 0.332 e. The molecular weight excluding hydrogens is 456 g/mol. The van der Waals surface area contributed by atoms with E-state index in [2.05, 4.69) is 14.7 Å². The summed E-state index contributed by atoms with van der Waals surface area (Å²) >= 11 is 0. The van der Waals surface area contributed by atoms with Crippen molar-refractivity contribution in [3.8, 4) is 0 Å². The number of nitrogen functional groups attached to an aromatic ring is 1. The molecule has 1 saturated heterocycles. The molecule has 13 heteroatoms. The van der Waals surface area contributed by atoms with Crippen molar-refractivity contribution in [3.63, 3.8) is 0 Å². The van der Waals surface area contributed by atoms with E-state index in [1.54, 1.807) is 6.07 Å². The van der Waals surface area contributed by atoms with E-state index in [4.69, 9.17) is 15.2 Å². The number of anilines is 1. The molecule has 0 aliphatic carbocycles. The molecular formula is C21H21F2N5O6. The number of imidazole rings is 1. The van der Waals surface area contributed by atoms with Crippen LogP contribution in [0.1, 0.15) is 25.1 Å². The number of alkyl halides is 1. The van der Waals surface area contributed by atoms with Crippen LogP contribution in [-0.2, 0) is 30.3 Å². The molecule has 34 heavy (non-hydrogen) atoms. The number of fused-ring (bicyclic) bond motifs is 1. The first-order valence-electron chi connectivity index (χ1n) is 10.2. The minimum Gasteiger partial charge on any atom is -0.469 e. The van der Waals surface area contributed by atoms with Crippen LogP contribution in [-0.4, -0.2) is 56.5 Å². The minimum atomic E-state index is -1.94. The Labute approximate surface area is 191 Å². The summed E-state index contributed by atoms with van der Waals surface area (Å²) in [7, 11) is 1.13. The molecule has 2 N–H and O–H groups in total. The molecule has 1 aromatic carbocycles. The van der Waals surface area contributed by atoms with Crippen LogP contribution in [0, 0.1) is 5.82 Å². The van der Waals surface area contributed by atoms with Crippen molar-refractivity contribution in [2.24, 2.45) is 0 Å². The molecule has 4 atom stereocenters. The van der Waals surface area contributed by atoms with Gasteiger partial charge in [0.05, 0.1) is 26.3 Å². The highest BCUT2D eigenvalue weighted by Gasteiger charge is 2.50. The number of carbonyl (C=O) groups excluding carboxylic acids is 2. The molecule has 4 rings (SSSR count). The van der Waals surface area contributed by atoms with E-state index in [9.17, 15) is 18.8 Å². The zero-order valence-corrected chi connectivity index (χ0v) is 18.2. The third-order valence-corrected chi connectivity index (χ3v) is 5.37. The Hall–Kier alpha value is -3.87. The maximum absolute atomic E-state index is 15.2. The van der Waals surface area contributed by atoms with Gasteiger partial charge in [0.15, 0.2) is 24.2 Å². The zero-order chi connectivity index (χ0) is 24.6. The molecule has 11 nitrogen and oxygen atoms in total. The second kappa shape index (κ2) is 9.17. The van der Waals surface area contributed by atoms with Crippen LogP contribution in [0.3, 0.4) is 0 Å². The highest BCUT2D eigenvalue weighted by molar-refractivity contribution is 5.72. The molecule has 1 aliphatic heterocycles. The summed E-state index contributed by atoms with van der Waals surface area (Å²) in [5, 5.41) is 0. The summed E-state index contributed by atoms with van der Waals surface area (Å²) in [4.78, 5) is 44.9. The molecule has 180 valence electrons. The van der Waals surface area contributed by atoms with Gasteiger partial charge in [-0.25, -0.2) is 23.1 Å². The van der Waals surface area contributed by atoms with E-state index in [0.29, 0.717) is 5.56 Å². The second-order valence-corrected chi connectivity index (χ2v) is 7.67. The number of nitrogens with zero attached hydrogens (tertiary/aromatic N) is 4. The van der Waals surface area contributed by atoms with Gasteiger partial charge in [-0.05, 0) is 17.7 Å². The lowest BCUT2D eigenvalue weighted by molar-refractivity contribution is -0.154. The summed E-state index contributed by atoms with van der Waals surface area (Å²) in [6.07, 6.45) is -5.50. The van der Waals surface area contributed by atoms with Crippen LogP contribution in [0.25, 0.3) is 11.2 Å². The van der Waals surface area contributed by atoms with Gasteiger partial charge in [-0.15, -0.1) is 0 Å². The summed E-state index contributed by atoms with van der Waals surface area (Å²) in [6, 6.07) is 5.63. The maximum Gasteiger partial charge on any atom is 0.332 e. The van der Waals surface area contributed by atoms with Gasteiger partial charge in [0, 0.05) is 6.92 Å².